The summed E-state index contributed by atoms with van der Waals surface area (Å²) >= 11 is 0. The van der Waals surface area contributed by atoms with Gasteiger partial charge in [0, 0.05) is 37.9 Å². The van der Waals surface area contributed by atoms with Crippen LogP contribution in [0, 0.1) is 0 Å². The van der Waals surface area contributed by atoms with Crippen LogP contribution in [0.2, 0.25) is 0 Å². The van der Waals surface area contributed by atoms with Crippen LogP contribution in [0.3, 0.4) is 0 Å². The Bertz CT molecular complexity index is 1140. The number of rotatable bonds is 5. The Morgan fingerprint density at radius 3 is 2.29 bits per heavy atom. The van der Waals surface area contributed by atoms with E-state index in [0.717, 1.165) is 11.1 Å². The highest BCUT2D eigenvalue weighted by atomic mass is 32.2. The van der Waals surface area contributed by atoms with Gasteiger partial charge in [0.15, 0.2) is 0 Å². The number of nitrogens with zero attached hydrogens (tertiary/aromatic N) is 4. The SMILES string of the molecule is CS(=O)(=O)N1CCCN(C(=O)c2cn(Cc3ccccc3)nc2-c2ccccc2)CC1. The number of hydrogen-bond donors (Lipinski definition) is 0. The molecule has 1 aromatic heterocycles. The summed E-state index contributed by atoms with van der Waals surface area (Å²) in [7, 11) is -3.27. The van der Waals surface area contributed by atoms with Crippen LogP contribution in [0.1, 0.15) is 22.3 Å². The van der Waals surface area contributed by atoms with Crippen LogP contribution >= 0.6 is 0 Å². The number of hydrogen-bond acceptors (Lipinski definition) is 4. The number of carbonyl (C=O) groups excluding carboxylic acids is 1. The first-order valence-electron chi connectivity index (χ1n) is 10.3. The van der Waals surface area contributed by atoms with Gasteiger partial charge in [-0.15, -0.1) is 0 Å². The summed E-state index contributed by atoms with van der Waals surface area (Å²) in [6, 6.07) is 19.7. The van der Waals surface area contributed by atoms with E-state index in [2.05, 4.69) is 0 Å². The van der Waals surface area contributed by atoms with E-state index >= 15 is 0 Å². The molecule has 2 heterocycles. The molecule has 0 spiro atoms. The van der Waals surface area contributed by atoms with E-state index in [-0.39, 0.29) is 5.91 Å². The summed E-state index contributed by atoms with van der Waals surface area (Å²) in [4.78, 5) is 15.2. The quantitative estimate of drug-likeness (QED) is 0.614. The molecule has 3 aromatic rings. The standard InChI is InChI=1S/C23H26N4O3S/c1-31(29,30)27-14-8-13-25(15-16-27)23(28)21-18-26(17-19-9-4-2-5-10-19)24-22(21)20-11-6-3-7-12-20/h2-7,9-12,18H,8,13-17H2,1H3. The van der Waals surface area contributed by atoms with Crippen LogP contribution < -0.4 is 0 Å². The summed E-state index contributed by atoms with van der Waals surface area (Å²) in [6.07, 6.45) is 3.63. The van der Waals surface area contributed by atoms with Gasteiger partial charge in [-0.3, -0.25) is 9.48 Å². The molecule has 1 fully saturated rings. The molecule has 7 nitrogen and oxygen atoms in total. The second-order valence-corrected chi connectivity index (χ2v) is 9.73. The molecule has 0 N–H and O–H groups in total. The molecular formula is C23H26N4O3S. The fourth-order valence-corrected chi connectivity index (χ4v) is 4.71. The fraction of sp³-hybridized carbons (Fsp3) is 0.304. The van der Waals surface area contributed by atoms with Gasteiger partial charge >= 0.3 is 0 Å². The Hall–Kier alpha value is -2.97. The lowest BCUT2D eigenvalue weighted by Crippen LogP contribution is -2.37. The van der Waals surface area contributed by atoms with Gasteiger partial charge in [0.1, 0.15) is 5.69 Å². The zero-order valence-electron chi connectivity index (χ0n) is 17.5. The van der Waals surface area contributed by atoms with Crippen molar-refractivity contribution in [3.63, 3.8) is 0 Å². The van der Waals surface area contributed by atoms with Gasteiger partial charge in [-0.2, -0.15) is 5.10 Å². The summed E-state index contributed by atoms with van der Waals surface area (Å²) in [5, 5.41) is 4.73. The molecule has 0 radical (unpaired) electrons. The van der Waals surface area contributed by atoms with Gasteiger partial charge in [-0.25, -0.2) is 12.7 Å². The first-order chi connectivity index (χ1) is 14.9. The molecule has 0 aliphatic carbocycles. The predicted molar refractivity (Wildman–Crippen MR) is 120 cm³/mol. The maximum atomic E-state index is 13.5. The van der Waals surface area contributed by atoms with E-state index in [4.69, 9.17) is 5.10 Å². The Kier molecular flexibility index (Phi) is 6.20. The van der Waals surface area contributed by atoms with Crippen molar-refractivity contribution in [2.75, 3.05) is 32.4 Å². The Balaban J connectivity index is 1.63. The molecule has 8 heteroatoms. The summed E-state index contributed by atoms with van der Waals surface area (Å²) in [6.45, 7) is 2.19. The third-order valence-corrected chi connectivity index (χ3v) is 6.74. The van der Waals surface area contributed by atoms with E-state index in [1.807, 2.05) is 60.7 Å². The van der Waals surface area contributed by atoms with Gasteiger partial charge < -0.3 is 4.90 Å². The van der Waals surface area contributed by atoms with Crippen molar-refractivity contribution in [1.82, 2.24) is 19.0 Å². The zero-order valence-corrected chi connectivity index (χ0v) is 18.3. The van der Waals surface area contributed by atoms with Gasteiger partial charge in [-0.1, -0.05) is 60.7 Å². The second-order valence-electron chi connectivity index (χ2n) is 7.75. The first kappa shape index (κ1) is 21.3. The van der Waals surface area contributed by atoms with Gasteiger partial charge in [0.2, 0.25) is 10.0 Å². The Labute approximate surface area is 183 Å². The molecule has 1 saturated heterocycles. The average molecular weight is 439 g/mol. The molecule has 1 amide bonds. The molecule has 1 aliphatic heterocycles. The topological polar surface area (TPSA) is 75.5 Å². The van der Waals surface area contributed by atoms with E-state index in [1.54, 1.807) is 15.8 Å². The highest BCUT2D eigenvalue weighted by Gasteiger charge is 2.27. The molecular weight excluding hydrogens is 412 g/mol. The lowest BCUT2D eigenvalue weighted by atomic mass is 10.1. The minimum atomic E-state index is -3.27. The third-order valence-electron chi connectivity index (χ3n) is 5.44. The minimum Gasteiger partial charge on any atom is -0.337 e. The van der Waals surface area contributed by atoms with Crippen LogP contribution in [-0.2, 0) is 16.6 Å². The minimum absolute atomic E-state index is 0.117. The zero-order chi connectivity index (χ0) is 21.8. The fourth-order valence-electron chi connectivity index (χ4n) is 3.84. The second kappa shape index (κ2) is 9.03. The van der Waals surface area contributed by atoms with Crippen molar-refractivity contribution in [2.45, 2.75) is 13.0 Å². The van der Waals surface area contributed by atoms with Crippen molar-refractivity contribution < 1.29 is 13.2 Å². The van der Waals surface area contributed by atoms with Crippen LogP contribution in [0.25, 0.3) is 11.3 Å². The lowest BCUT2D eigenvalue weighted by molar-refractivity contribution is 0.0765. The van der Waals surface area contributed by atoms with Crippen molar-refractivity contribution in [3.05, 3.63) is 78.0 Å². The van der Waals surface area contributed by atoms with Crippen LogP contribution in [-0.4, -0.2) is 65.7 Å². The normalized spacial score (nSPS) is 15.6. The van der Waals surface area contributed by atoms with Crippen LogP contribution in [0.5, 0.6) is 0 Å². The lowest BCUT2D eigenvalue weighted by Gasteiger charge is -2.21. The number of aromatic nitrogens is 2. The number of amides is 1. The first-order valence-corrected chi connectivity index (χ1v) is 12.2. The highest BCUT2D eigenvalue weighted by Crippen LogP contribution is 2.24. The van der Waals surface area contributed by atoms with Gasteiger partial charge in [-0.05, 0) is 12.0 Å². The largest absolute Gasteiger partial charge is 0.337 e. The average Bonchev–Trinajstić information content (AvgIpc) is 3.01. The van der Waals surface area contributed by atoms with Crippen molar-refractivity contribution in [2.24, 2.45) is 0 Å². The molecule has 2 aromatic carbocycles. The Morgan fingerprint density at radius 2 is 1.61 bits per heavy atom. The monoisotopic (exact) mass is 438 g/mol. The molecule has 0 atom stereocenters. The van der Waals surface area contributed by atoms with E-state index < -0.39 is 10.0 Å². The van der Waals surface area contributed by atoms with Crippen molar-refractivity contribution in [3.8, 4) is 11.3 Å². The number of benzene rings is 2. The van der Waals surface area contributed by atoms with Gasteiger partial charge in [0.05, 0.1) is 18.4 Å². The summed E-state index contributed by atoms with van der Waals surface area (Å²) < 4.78 is 27.1. The molecule has 0 unspecified atom stereocenters. The summed E-state index contributed by atoms with van der Waals surface area (Å²) in [5.41, 5.74) is 3.16. The third kappa shape index (κ3) is 5.03. The molecule has 0 bridgehead atoms. The maximum Gasteiger partial charge on any atom is 0.257 e. The number of carbonyl (C=O) groups is 1. The van der Waals surface area contributed by atoms with Crippen molar-refractivity contribution >= 4 is 15.9 Å². The van der Waals surface area contributed by atoms with E-state index in [0.29, 0.717) is 50.4 Å². The molecule has 162 valence electrons. The smallest absolute Gasteiger partial charge is 0.257 e. The molecule has 4 rings (SSSR count). The Morgan fingerprint density at radius 1 is 0.935 bits per heavy atom. The molecule has 0 saturated carbocycles. The highest BCUT2D eigenvalue weighted by molar-refractivity contribution is 7.88. The van der Waals surface area contributed by atoms with Crippen LogP contribution in [0.4, 0.5) is 0 Å². The maximum absolute atomic E-state index is 13.5. The van der Waals surface area contributed by atoms with E-state index in [1.165, 1.54) is 10.6 Å². The van der Waals surface area contributed by atoms with Gasteiger partial charge in [0.25, 0.3) is 5.91 Å². The predicted octanol–water partition coefficient (Wildman–Crippen LogP) is 2.71. The van der Waals surface area contributed by atoms with E-state index in [9.17, 15) is 13.2 Å². The summed E-state index contributed by atoms with van der Waals surface area (Å²) in [5.74, 6) is -0.117. The molecule has 31 heavy (non-hydrogen) atoms. The molecule has 1 aliphatic rings. The number of sulfonamides is 1. The van der Waals surface area contributed by atoms with Crippen molar-refractivity contribution in [1.29, 1.82) is 0 Å². The van der Waals surface area contributed by atoms with Crippen LogP contribution in [0.15, 0.2) is 66.9 Å².